The minimum atomic E-state index is -0.653. The maximum absolute atomic E-state index is 12.2. The fraction of sp³-hybridized carbons (Fsp3) is 0.533. The number of nitrogens with one attached hydrogen (secondary N) is 2. The van der Waals surface area contributed by atoms with E-state index in [0.717, 1.165) is 31.9 Å². The lowest BCUT2D eigenvalue weighted by Gasteiger charge is -2.30. The molecule has 0 unspecified atom stereocenters. The van der Waals surface area contributed by atoms with Crippen LogP contribution in [0.5, 0.6) is 0 Å². The molecule has 2 heterocycles. The Morgan fingerprint density at radius 3 is 2.77 bits per heavy atom. The Labute approximate surface area is 134 Å². The van der Waals surface area contributed by atoms with Crippen LogP contribution >= 0.6 is 11.6 Å². The average Bonchev–Trinajstić information content (AvgIpc) is 2.93. The smallest absolute Gasteiger partial charge is 0.251 e. The third-order valence-electron chi connectivity index (χ3n) is 4.03. The normalized spacial score (nSPS) is 25.3. The quantitative estimate of drug-likeness (QED) is 0.742. The second-order valence-corrected chi connectivity index (χ2v) is 6.00. The summed E-state index contributed by atoms with van der Waals surface area (Å²) in [5, 5.41) is 16.3. The van der Waals surface area contributed by atoms with Crippen LogP contribution in [0.2, 0.25) is 5.02 Å². The van der Waals surface area contributed by atoms with Crippen molar-refractivity contribution in [3.63, 3.8) is 0 Å². The van der Waals surface area contributed by atoms with Gasteiger partial charge in [0.05, 0.1) is 36.1 Å². The molecule has 2 aliphatic heterocycles. The number of rotatable bonds is 3. The zero-order valence-corrected chi connectivity index (χ0v) is 13.0. The van der Waals surface area contributed by atoms with E-state index in [1.54, 1.807) is 12.1 Å². The van der Waals surface area contributed by atoms with E-state index in [-0.39, 0.29) is 18.6 Å². The lowest BCUT2D eigenvalue weighted by Crippen LogP contribution is -2.44. The summed E-state index contributed by atoms with van der Waals surface area (Å²) < 4.78 is 5.12. The number of nitrogens with zero attached hydrogens (tertiary/aromatic N) is 1. The van der Waals surface area contributed by atoms with E-state index in [9.17, 15) is 9.90 Å². The molecule has 0 bridgehead atoms. The second-order valence-electron chi connectivity index (χ2n) is 5.59. The summed E-state index contributed by atoms with van der Waals surface area (Å²) in [5.41, 5.74) is 1.44. The van der Waals surface area contributed by atoms with Gasteiger partial charge in [0.2, 0.25) is 0 Å². The molecule has 0 saturated carbocycles. The minimum Gasteiger partial charge on any atom is -0.388 e. The molecule has 1 aromatic carbocycles. The standard InChI is InChI=1S/C15H20ClN3O3/c16-11-7-10(15(21)18-12-8-22-9-14(12)20)1-2-13(11)19-5-3-17-4-6-19/h1-2,7,12,14,17,20H,3-6,8-9H2,(H,18,21)/t12-,14-/m0/s1. The molecular weight excluding hydrogens is 306 g/mol. The first-order valence-corrected chi connectivity index (χ1v) is 7.85. The zero-order chi connectivity index (χ0) is 15.5. The van der Waals surface area contributed by atoms with Crippen LogP contribution in [-0.2, 0) is 4.74 Å². The number of benzene rings is 1. The fourth-order valence-electron chi connectivity index (χ4n) is 2.74. The molecule has 1 amide bonds. The molecule has 2 saturated heterocycles. The number of aliphatic hydroxyl groups excluding tert-OH is 1. The summed E-state index contributed by atoms with van der Waals surface area (Å²) in [7, 11) is 0. The molecule has 22 heavy (non-hydrogen) atoms. The van der Waals surface area contributed by atoms with Crippen LogP contribution in [0.15, 0.2) is 18.2 Å². The Morgan fingerprint density at radius 1 is 1.36 bits per heavy atom. The van der Waals surface area contributed by atoms with Crippen LogP contribution in [-0.4, -0.2) is 62.6 Å². The molecule has 3 N–H and O–H groups in total. The summed E-state index contributed by atoms with van der Waals surface area (Å²) in [4.78, 5) is 14.4. The number of aliphatic hydroxyl groups is 1. The van der Waals surface area contributed by atoms with Gasteiger partial charge < -0.3 is 25.4 Å². The Balaban J connectivity index is 1.69. The van der Waals surface area contributed by atoms with E-state index in [0.29, 0.717) is 17.2 Å². The molecular formula is C15H20ClN3O3. The highest BCUT2D eigenvalue weighted by Gasteiger charge is 2.28. The molecule has 0 aliphatic carbocycles. The molecule has 3 rings (SSSR count). The Morgan fingerprint density at radius 2 is 2.14 bits per heavy atom. The van der Waals surface area contributed by atoms with Gasteiger partial charge in [0.25, 0.3) is 5.91 Å². The number of hydrogen-bond donors (Lipinski definition) is 3. The second kappa shape index (κ2) is 6.83. The molecule has 0 spiro atoms. The number of carbonyl (C=O) groups is 1. The molecule has 2 fully saturated rings. The average molecular weight is 326 g/mol. The third-order valence-corrected chi connectivity index (χ3v) is 4.34. The Kier molecular flexibility index (Phi) is 4.83. The molecule has 0 radical (unpaired) electrons. The monoisotopic (exact) mass is 325 g/mol. The van der Waals surface area contributed by atoms with E-state index < -0.39 is 6.10 Å². The third kappa shape index (κ3) is 3.35. The highest BCUT2D eigenvalue weighted by atomic mass is 35.5. The van der Waals surface area contributed by atoms with E-state index in [4.69, 9.17) is 16.3 Å². The fourth-order valence-corrected chi connectivity index (χ4v) is 3.04. The Bertz CT molecular complexity index is 549. The van der Waals surface area contributed by atoms with Crippen LogP contribution in [0, 0.1) is 0 Å². The predicted molar refractivity (Wildman–Crippen MR) is 84.6 cm³/mol. The number of hydrogen-bond acceptors (Lipinski definition) is 5. The summed E-state index contributed by atoms with van der Waals surface area (Å²) >= 11 is 6.34. The predicted octanol–water partition coefficient (Wildman–Crippen LogP) is 0.239. The van der Waals surface area contributed by atoms with Crippen molar-refractivity contribution in [2.45, 2.75) is 12.1 Å². The SMILES string of the molecule is O=C(N[C@H]1COC[C@@H]1O)c1ccc(N2CCNCC2)c(Cl)c1. The van der Waals surface area contributed by atoms with Crippen molar-refractivity contribution in [1.29, 1.82) is 0 Å². The number of anilines is 1. The molecule has 2 atom stereocenters. The molecule has 1 aromatic rings. The van der Waals surface area contributed by atoms with Crippen molar-refractivity contribution in [3.8, 4) is 0 Å². The van der Waals surface area contributed by atoms with Crippen LogP contribution in [0.4, 0.5) is 5.69 Å². The van der Waals surface area contributed by atoms with Crippen molar-refractivity contribution in [2.24, 2.45) is 0 Å². The van der Waals surface area contributed by atoms with Crippen LogP contribution in [0.3, 0.4) is 0 Å². The lowest BCUT2D eigenvalue weighted by molar-refractivity contribution is 0.0886. The first kappa shape index (κ1) is 15.6. The van der Waals surface area contributed by atoms with Gasteiger partial charge in [0, 0.05) is 31.7 Å². The first-order chi connectivity index (χ1) is 10.6. The minimum absolute atomic E-state index is 0.247. The molecule has 2 aliphatic rings. The molecule has 6 nitrogen and oxygen atoms in total. The molecule has 120 valence electrons. The molecule has 0 aromatic heterocycles. The van der Waals surface area contributed by atoms with E-state index >= 15 is 0 Å². The van der Waals surface area contributed by atoms with Crippen LogP contribution < -0.4 is 15.5 Å². The number of carbonyl (C=O) groups excluding carboxylic acids is 1. The van der Waals surface area contributed by atoms with Gasteiger partial charge in [0.1, 0.15) is 0 Å². The van der Waals surface area contributed by atoms with E-state index in [1.807, 2.05) is 6.07 Å². The molecule has 7 heteroatoms. The number of piperazine rings is 1. The van der Waals surface area contributed by atoms with Gasteiger partial charge in [-0.2, -0.15) is 0 Å². The van der Waals surface area contributed by atoms with Gasteiger partial charge in [-0.1, -0.05) is 11.6 Å². The number of ether oxygens (including phenoxy) is 1. The van der Waals surface area contributed by atoms with Gasteiger partial charge >= 0.3 is 0 Å². The summed E-state index contributed by atoms with van der Waals surface area (Å²) in [6.45, 7) is 4.25. The van der Waals surface area contributed by atoms with Gasteiger partial charge in [-0.25, -0.2) is 0 Å². The van der Waals surface area contributed by atoms with Crippen molar-refractivity contribution in [3.05, 3.63) is 28.8 Å². The van der Waals surface area contributed by atoms with Gasteiger partial charge in [0.15, 0.2) is 0 Å². The summed E-state index contributed by atoms with van der Waals surface area (Å²) in [5.74, 6) is -0.247. The Hall–Kier alpha value is -1.34. The van der Waals surface area contributed by atoms with E-state index in [2.05, 4.69) is 15.5 Å². The van der Waals surface area contributed by atoms with Crippen molar-refractivity contribution >= 4 is 23.2 Å². The first-order valence-electron chi connectivity index (χ1n) is 7.47. The summed E-state index contributed by atoms with van der Waals surface area (Å²) in [6, 6.07) is 4.96. The van der Waals surface area contributed by atoms with Crippen molar-refractivity contribution in [1.82, 2.24) is 10.6 Å². The van der Waals surface area contributed by atoms with Crippen LogP contribution in [0.25, 0.3) is 0 Å². The van der Waals surface area contributed by atoms with Crippen LogP contribution in [0.1, 0.15) is 10.4 Å². The maximum atomic E-state index is 12.2. The number of halogens is 1. The van der Waals surface area contributed by atoms with Crippen molar-refractivity contribution in [2.75, 3.05) is 44.3 Å². The lowest BCUT2D eigenvalue weighted by atomic mass is 10.1. The van der Waals surface area contributed by atoms with Crippen molar-refractivity contribution < 1.29 is 14.6 Å². The largest absolute Gasteiger partial charge is 0.388 e. The zero-order valence-electron chi connectivity index (χ0n) is 12.2. The summed E-state index contributed by atoms with van der Waals surface area (Å²) in [6.07, 6.45) is -0.653. The van der Waals surface area contributed by atoms with Gasteiger partial charge in [-0.15, -0.1) is 0 Å². The van der Waals surface area contributed by atoms with Gasteiger partial charge in [-0.05, 0) is 18.2 Å². The van der Waals surface area contributed by atoms with Gasteiger partial charge in [-0.3, -0.25) is 4.79 Å². The highest BCUT2D eigenvalue weighted by Crippen LogP contribution is 2.27. The van der Waals surface area contributed by atoms with E-state index in [1.165, 1.54) is 0 Å². The maximum Gasteiger partial charge on any atom is 0.251 e. The highest BCUT2D eigenvalue weighted by molar-refractivity contribution is 6.33. The number of amides is 1. The topological polar surface area (TPSA) is 73.8 Å².